The van der Waals surface area contributed by atoms with Crippen LogP contribution in [0.3, 0.4) is 0 Å². The Morgan fingerprint density at radius 2 is 1.14 bits per heavy atom. The third-order valence-electron chi connectivity index (χ3n) is 4.54. The van der Waals surface area contributed by atoms with Gasteiger partial charge >= 0.3 is 7.12 Å². The lowest BCUT2D eigenvalue weighted by atomic mass is 9.78. The van der Waals surface area contributed by atoms with Gasteiger partial charge in [0, 0.05) is 0 Å². The number of hydrogen-bond donors (Lipinski definition) is 0. The lowest BCUT2D eigenvalue weighted by Crippen LogP contribution is -2.41. The summed E-state index contributed by atoms with van der Waals surface area (Å²) in [5.74, 6) is 0. The summed E-state index contributed by atoms with van der Waals surface area (Å²) in [5.41, 5.74) is 2.90. The molecule has 21 heavy (non-hydrogen) atoms. The van der Waals surface area contributed by atoms with Crippen LogP contribution in [0.1, 0.15) is 27.7 Å². The maximum atomic E-state index is 6.07. The van der Waals surface area contributed by atoms with Crippen molar-refractivity contribution in [1.82, 2.24) is 0 Å². The highest BCUT2D eigenvalue weighted by Gasteiger charge is 2.51. The Kier molecular flexibility index (Phi) is 3.43. The summed E-state index contributed by atoms with van der Waals surface area (Å²) in [4.78, 5) is 0. The third-order valence-corrected chi connectivity index (χ3v) is 4.54. The first-order chi connectivity index (χ1) is 9.89. The minimum absolute atomic E-state index is 0.292. The molecule has 0 unspecified atom stereocenters. The first-order valence-corrected chi connectivity index (χ1v) is 7.40. The van der Waals surface area contributed by atoms with E-state index in [1.54, 1.807) is 0 Å². The van der Waals surface area contributed by atoms with Gasteiger partial charge in [0.25, 0.3) is 0 Å². The SMILES string of the molecule is CC1(C)OB(c2ccc(-c3ccccc3)cc2)OC1(C)C. The lowest BCUT2D eigenvalue weighted by Gasteiger charge is -2.32. The highest BCUT2D eigenvalue weighted by molar-refractivity contribution is 6.62. The Labute approximate surface area is 127 Å². The Hall–Kier alpha value is -1.58. The zero-order chi connectivity index (χ0) is 15.1. The molecule has 3 rings (SSSR count). The fourth-order valence-corrected chi connectivity index (χ4v) is 2.44. The Morgan fingerprint density at radius 1 is 0.667 bits per heavy atom. The van der Waals surface area contributed by atoms with Gasteiger partial charge in [-0.05, 0) is 44.3 Å². The van der Waals surface area contributed by atoms with Gasteiger partial charge < -0.3 is 9.31 Å². The summed E-state index contributed by atoms with van der Waals surface area (Å²) in [6.45, 7) is 8.30. The second kappa shape index (κ2) is 5.01. The molecule has 0 atom stereocenters. The van der Waals surface area contributed by atoms with E-state index in [1.807, 2.05) is 6.07 Å². The van der Waals surface area contributed by atoms with Crippen molar-refractivity contribution in [3.8, 4) is 11.1 Å². The molecule has 1 aliphatic rings. The normalized spacial score (nSPS) is 19.7. The fraction of sp³-hybridized carbons (Fsp3) is 0.333. The van der Waals surface area contributed by atoms with Gasteiger partial charge in [0.2, 0.25) is 0 Å². The van der Waals surface area contributed by atoms with Gasteiger partial charge in [-0.2, -0.15) is 0 Å². The van der Waals surface area contributed by atoms with E-state index in [0.29, 0.717) is 0 Å². The molecule has 0 saturated carbocycles. The molecule has 0 spiro atoms. The molecular formula is C18H21BO2. The minimum Gasteiger partial charge on any atom is -0.399 e. The van der Waals surface area contributed by atoms with Crippen LogP contribution < -0.4 is 5.46 Å². The summed E-state index contributed by atoms with van der Waals surface area (Å²) in [6.07, 6.45) is 0. The van der Waals surface area contributed by atoms with E-state index in [1.165, 1.54) is 11.1 Å². The minimum atomic E-state index is -0.296. The molecule has 108 valence electrons. The zero-order valence-electron chi connectivity index (χ0n) is 13.1. The fourth-order valence-electron chi connectivity index (χ4n) is 2.44. The van der Waals surface area contributed by atoms with Crippen molar-refractivity contribution in [2.45, 2.75) is 38.9 Å². The third kappa shape index (κ3) is 2.64. The summed E-state index contributed by atoms with van der Waals surface area (Å²) in [5, 5.41) is 0. The molecule has 2 aromatic rings. The van der Waals surface area contributed by atoms with Crippen molar-refractivity contribution in [2.24, 2.45) is 0 Å². The van der Waals surface area contributed by atoms with E-state index in [2.05, 4.69) is 76.2 Å². The first kappa shape index (κ1) is 14.4. The topological polar surface area (TPSA) is 18.5 Å². The van der Waals surface area contributed by atoms with Gasteiger partial charge in [0.1, 0.15) is 0 Å². The first-order valence-electron chi connectivity index (χ1n) is 7.40. The van der Waals surface area contributed by atoms with E-state index in [9.17, 15) is 0 Å². The lowest BCUT2D eigenvalue weighted by molar-refractivity contribution is 0.00578. The molecule has 1 aliphatic heterocycles. The van der Waals surface area contributed by atoms with Crippen LogP contribution in [-0.4, -0.2) is 18.3 Å². The highest BCUT2D eigenvalue weighted by Crippen LogP contribution is 2.36. The summed E-state index contributed by atoms with van der Waals surface area (Å²) in [6, 6.07) is 18.8. The number of hydrogen-bond acceptors (Lipinski definition) is 2. The van der Waals surface area contributed by atoms with Gasteiger partial charge in [0.15, 0.2) is 0 Å². The molecule has 0 aromatic heterocycles. The van der Waals surface area contributed by atoms with E-state index < -0.39 is 0 Å². The summed E-state index contributed by atoms with van der Waals surface area (Å²) in [7, 11) is -0.292. The zero-order valence-corrected chi connectivity index (χ0v) is 13.1. The largest absolute Gasteiger partial charge is 0.494 e. The number of rotatable bonds is 2. The standard InChI is InChI=1S/C18H21BO2/c1-17(2)18(3,4)21-19(20-17)16-12-10-15(11-13-16)14-8-6-5-7-9-14/h5-13H,1-4H3. The molecule has 1 fully saturated rings. The Bertz CT molecular complexity index is 601. The van der Waals surface area contributed by atoms with E-state index in [-0.39, 0.29) is 18.3 Å². The van der Waals surface area contributed by atoms with E-state index >= 15 is 0 Å². The molecule has 1 heterocycles. The molecule has 0 bridgehead atoms. The van der Waals surface area contributed by atoms with Crippen molar-refractivity contribution in [2.75, 3.05) is 0 Å². The monoisotopic (exact) mass is 280 g/mol. The van der Waals surface area contributed by atoms with Crippen LogP contribution in [0.4, 0.5) is 0 Å². The van der Waals surface area contributed by atoms with Crippen LogP contribution in [-0.2, 0) is 9.31 Å². The van der Waals surface area contributed by atoms with Crippen molar-refractivity contribution in [3.63, 3.8) is 0 Å². The maximum Gasteiger partial charge on any atom is 0.494 e. The summed E-state index contributed by atoms with van der Waals surface area (Å²) < 4.78 is 12.1. The molecular weight excluding hydrogens is 259 g/mol. The van der Waals surface area contributed by atoms with Gasteiger partial charge in [-0.15, -0.1) is 0 Å². The van der Waals surface area contributed by atoms with Crippen molar-refractivity contribution < 1.29 is 9.31 Å². The quantitative estimate of drug-likeness (QED) is 0.782. The van der Waals surface area contributed by atoms with E-state index in [4.69, 9.17) is 9.31 Å². The molecule has 3 heteroatoms. The molecule has 2 aromatic carbocycles. The average molecular weight is 280 g/mol. The van der Waals surface area contributed by atoms with Crippen molar-refractivity contribution >= 4 is 12.6 Å². The van der Waals surface area contributed by atoms with Crippen LogP contribution in [0.15, 0.2) is 54.6 Å². The van der Waals surface area contributed by atoms with Gasteiger partial charge in [-0.1, -0.05) is 54.6 Å². The second-order valence-electron chi connectivity index (χ2n) is 6.58. The molecule has 0 N–H and O–H groups in total. The van der Waals surface area contributed by atoms with Crippen LogP contribution in [0.5, 0.6) is 0 Å². The van der Waals surface area contributed by atoms with Gasteiger partial charge in [0.05, 0.1) is 11.2 Å². The summed E-state index contributed by atoms with van der Waals surface area (Å²) >= 11 is 0. The van der Waals surface area contributed by atoms with Crippen molar-refractivity contribution in [1.29, 1.82) is 0 Å². The predicted molar refractivity (Wildman–Crippen MR) is 87.6 cm³/mol. The van der Waals surface area contributed by atoms with Crippen LogP contribution in [0.25, 0.3) is 11.1 Å². The average Bonchev–Trinajstić information content (AvgIpc) is 2.69. The second-order valence-corrected chi connectivity index (χ2v) is 6.58. The highest BCUT2D eigenvalue weighted by atomic mass is 16.7. The maximum absolute atomic E-state index is 6.07. The predicted octanol–water partition coefficient (Wildman–Crippen LogP) is 3.65. The molecule has 0 amide bonds. The van der Waals surface area contributed by atoms with Crippen LogP contribution in [0, 0.1) is 0 Å². The van der Waals surface area contributed by atoms with Crippen LogP contribution >= 0.6 is 0 Å². The molecule has 0 radical (unpaired) electrons. The molecule has 0 aliphatic carbocycles. The molecule has 1 saturated heterocycles. The van der Waals surface area contributed by atoms with Crippen LogP contribution in [0.2, 0.25) is 0 Å². The van der Waals surface area contributed by atoms with Gasteiger partial charge in [-0.3, -0.25) is 0 Å². The smallest absolute Gasteiger partial charge is 0.399 e. The van der Waals surface area contributed by atoms with E-state index in [0.717, 1.165) is 5.46 Å². The van der Waals surface area contributed by atoms with Crippen molar-refractivity contribution in [3.05, 3.63) is 54.6 Å². The Morgan fingerprint density at radius 3 is 1.67 bits per heavy atom. The van der Waals surface area contributed by atoms with Gasteiger partial charge in [-0.25, -0.2) is 0 Å². The Balaban J connectivity index is 1.83. The molecule has 2 nitrogen and oxygen atoms in total. The number of benzene rings is 2.